The van der Waals surface area contributed by atoms with Gasteiger partial charge in [0.05, 0.1) is 0 Å². The lowest BCUT2D eigenvalue weighted by atomic mass is 10.1. The first-order chi connectivity index (χ1) is 9.41. The molecular weight excluding hydrogens is 343 g/mol. The maximum atomic E-state index is 2.47. The van der Waals surface area contributed by atoms with Crippen LogP contribution in [0.3, 0.4) is 0 Å². The standard InChI is InChI=1S/C12H25I.C6H6/c1-2-3-4-5-6-7-8-9-10-11-12-13;1-2-4-6-5-3-1/h2-12H2,1H3;1-6H. The topological polar surface area (TPSA) is 0 Å². The van der Waals surface area contributed by atoms with Crippen molar-refractivity contribution in [3.63, 3.8) is 0 Å². The largest absolute Gasteiger partial charge is 0.0864 e. The normalized spacial score (nSPS) is 9.79. The molecule has 0 amide bonds. The third-order valence-electron chi connectivity index (χ3n) is 3.15. The molecule has 0 aromatic heterocycles. The van der Waals surface area contributed by atoms with E-state index in [1.165, 1.54) is 68.6 Å². The Balaban J connectivity index is 0.000000443. The average molecular weight is 374 g/mol. The van der Waals surface area contributed by atoms with Crippen LogP contribution in [-0.2, 0) is 0 Å². The highest BCUT2D eigenvalue weighted by atomic mass is 127. The number of halogens is 1. The number of unbranched alkanes of at least 4 members (excludes halogenated alkanes) is 9. The molecule has 0 bridgehead atoms. The molecule has 1 aromatic carbocycles. The summed E-state index contributed by atoms with van der Waals surface area (Å²) in [5, 5.41) is 0. The number of hydrogen-bond acceptors (Lipinski definition) is 0. The molecule has 0 unspecified atom stereocenters. The third-order valence-corrected chi connectivity index (χ3v) is 3.92. The Morgan fingerprint density at radius 2 is 0.842 bits per heavy atom. The molecule has 0 nitrogen and oxygen atoms in total. The highest BCUT2D eigenvalue weighted by Gasteiger charge is 1.91. The van der Waals surface area contributed by atoms with Crippen LogP contribution in [0.15, 0.2) is 36.4 Å². The molecule has 0 atom stereocenters. The molecule has 0 aliphatic heterocycles. The van der Waals surface area contributed by atoms with E-state index in [0.29, 0.717) is 0 Å². The summed E-state index contributed by atoms with van der Waals surface area (Å²) in [6.07, 6.45) is 14.5. The van der Waals surface area contributed by atoms with Crippen LogP contribution >= 0.6 is 22.6 Å². The molecule has 0 fully saturated rings. The van der Waals surface area contributed by atoms with Crippen LogP contribution in [0.5, 0.6) is 0 Å². The molecule has 1 aromatic rings. The smallest absolute Gasteiger partial charge is 0.000473 e. The summed E-state index contributed by atoms with van der Waals surface area (Å²) in [7, 11) is 0. The van der Waals surface area contributed by atoms with Gasteiger partial charge in [0.2, 0.25) is 0 Å². The van der Waals surface area contributed by atoms with Crippen LogP contribution in [0, 0.1) is 0 Å². The zero-order valence-electron chi connectivity index (χ0n) is 12.6. The van der Waals surface area contributed by atoms with E-state index < -0.39 is 0 Å². The van der Waals surface area contributed by atoms with Crippen molar-refractivity contribution in [2.45, 2.75) is 71.1 Å². The molecule has 0 saturated carbocycles. The molecule has 19 heavy (non-hydrogen) atoms. The highest BCUT2D eigenvalue weighted by molar-refractivity contribution is 14.1. The first-order valence-corrected chi connectivity index (χ1v) is 9.50. The van der Waals surface area contributed by atoms with Gasteiger partial charge in [0.1, 0.15) is 0 Å². The van der Waals surface area contributed by atoms with Gasteiger partial charge in [-0.05, 0) is 10.8 Å². The minimum absolute atomic E-state index is 1.34. The molecule has 0 radical (unpaired) electrons. The van der Waals surface area contributed by atoms with Crippen LogP contribution in [0.1, 0.15) is 71.1 Å². The van der Waals surface area contributed by atoms with E-state index in [1.807, 2.05) is 36.4 Å². The molecule has 0 N–H and O–H groups in total. The molecule has 0 spiro atoms. The molecule has 110 valence electrons. The molecule has 0 aliphatic rings. The Kier molecular flexibility index (Phi) is 17.9. The lowest BCUT2D eigenvalue weighted by Crippen LogP contribution is -1.81. The van der Waals surface area contributed by atoms with Gasteiger partial charge in [-0.15, -0.1) is 0 Å². The van der Waals surface area contributed by atoms with Crippen LogP contribution in [0.25, 0.3) is 0 Å². The van der Waals surface area contributed by atoms with Crippen LogP contribution in [0.4, 0.5) is 0 Å². The summed E-state index contributed by atoms with van der Waals surface area (Å²) >= 11 is 2.47. The Labute approximate surface area is 134 Å². The fourth-order valence-corrected chi connectivity index (χ4v) is 2.51. The molecule has 1 heteroatoms. The van der Waals surface area contributed by atoms with Gasteiger partial charge in [-0.2, -0.15) is 0 Å². The molecule has 1 rings (SSSR count). The Hall–Kier alpha value is -0.0500. The van der Waals surface area contributed by atoms with Crippen molar-refractivity contribution in [3.05, 3.63) is 36.4 Å². The summed E-state index contributed by atoms with van der Waals surface area (Å²) < 4.78 is 1.34. The second kappa shape index (κ2) is 17.9. The van der Waals surface area contributed by atoms with Gasteiger partial charge in [0.15, 0.2) is 0 Å². The number of benzene rings is 1. The lowest BCUT2D eigenvalue weighted by Gasteiger charge is -2.00. The maximum Gasteiger partial charge on any atom is -0.000473 e. The van der Waals surface area contributed by atoms with Gasteiger partial charge in [-0.3, -0.25) is 0 Å². The molecule has 0 heterocycles. The Morgan fingerprint density at radius 3 is 1.16 bits per heavy atom. The van der Waals surface area contributed by atoms with Crippen molar-refractivity contribution in [1.82, 2.24) is 0 Å². The highest BCUT2D eigenvalue weighted by Crippen LogP contribution is 2.10. The first-order valence-electron chi connectivity index (χ1n) is 7.97. The zero-order valence-corrected chi connectivity index (χ0v) is 14.8. The lowest BCUT2D eigenvalue weighted by molar-refractivity contribution is 0.563. The van der Waals surface area contributed by atoms with E-state index in [4.69, 9.17) is 0 Å². The average Bonchev–Trinajstić information content (AvgIpc) is 2.48. The van der Waals surface area contributed by atoms with Crippen molar-refractivity contribution < 1.29 is 0 Å². The minimum atomic E-state index is 1.34. The van der Waals surface area contributed by atoms with Gasteiger partial charge in [0.25, 0.3) is 0 Å². The third kappa shape index (κ3) is 17.9. The maximum absolute atomic E-state index is 2.47. The van der Waals surface area contributed by atoms with Crippen LogP contribution in [-0.4, -0.2) is 4.43 Å². The van der Waals surface area contributed by atoms with E-state index >= 15 is 0 Å². The first kappa shape index (κ1) is 18.9. The van der Waals surface area contributed by atoms with Gasteiger partial charge >= 0.3 is 0 Å². The minimum Gasteiger partial charge on any atom is -0.0864 e. The van der Waals surface area contributed by atoms with Crippen molar-refractivity contribution in [2.24, 2.45) is 0 Å². The van der Waals surface area contributed by atoms with E-state index in [2.05, 4.69) is 29.5 Å². The summed E-state index contributed by atoms with van der Waals surface area (Å²) in [5.74, 6) is 0. The zero-order chi connectivity index (χ0) is 14.0. The van der Waals surface area contributed by atoms with E-state index in [9.17, 15) is 0 Å². The van der Waals surface area contributed by atoms with Gasteiger partial charge < -0.3 is 0 Å². The predicted octanol–water partition coefficient (Wildman–Crippen LogP) is 7.03. The van der Waals surface area contributed by atoms with Gasteiger partial charge in [0, 0.05) is 0 Å². The fraction of sp³-hybridized carbons (Fsp3) is 0.667. The van der Waals surface area contributed by atoms with Crippen molar-refractivity contribution in [1.29, 1.82) is 0 Å². The summed E-state index contributed by atoms with van der Waals surface area (Å²) in [4.78, 5) is 0. The monoisotopic (exact) mass is 374 g/mol. The van der Waals surface area contributed by atoms with Crippen molar-refractivity contribution in [3.8, 4) is 0 Å². The van der Waals surface area contributed by atoms with Crippen molar-refractivity contribution >= 4 is 22.6 Å². The molecular formula is C18H31I. The fourth-order valence-electron chi connectivity index (χ4n) is 1.97. The summed E-state index contributed by atoms with van der Waals surface area (Å²) in [6, 6.07) is 12.0. The van der Waals surface area contributed by atoms with Crippen LogP contribution in [0.2, 0.25) is 0 Å². The molecule has 0 aliphatic carbocycles. The van der Waals surface area contributed by atoms with Crippen molar-refractivity contribution in [2.75, 3.05) is 4.43 Å². The SMILES string of the molecule is CCCCCCCCCCCCI.c1ccccc1. The number of rotatable bonds is 10. The van der Waals surface area contributed by atoms with Gasteiger partial charge in [-0.25, -0.2) is 0 Å². The van der Waals surface area contributed by atoms with E-state index in [-0.39, 0.29) is 0 Å². The van der Waals surface area contributed by atoms with Crippen LogP contribution < -0.4 is 0 Å². The molecule has 0 saturated heterocycles. The van der Waals surface area contributed by atoms with E-state index in [0.717, 1.165) is 0 Å². The quantitative estimate of drug-likeness (QED) is 0.234. The second-order valence-corrected chi connectivity index (χ2v) is 6.10. The second-order valence-electron chi connectivity index (χ2n) is 5.03. The van der Waals surface area contributed by atoms with E-state index in [1.54, 1.807) is 0 Å². The Bertz CT molecular complexity index is 196. The van der Waals surface area contributed by atoms with Gasteiger partial charge in [-0.1, -0.05) is 124 Å². The predicted molar refractivity (Wildman–Crippen MR) is 97.2 cm³/mol. The number of alkyl halides is 1. The summed E-state index contributed by atoms with van der Waals surface area (Å²) in [6.45, 7) is 2.28. The number of hydrogen-bond donors (Lipinski definition) is 0. The Morgan fingerprint density at radius 1 is 0.526 bits per heavy atom. The summed E-state index contributed by atoms with van der Waals surface area (Å²) in [5.41, 5.74) is 0.